The SMILES string of the molecule is CC(C)c1c(-c2cc(F)cc3[nH]ccc23)[nH]c(C(=O)O)c1-c1cccc2c1C=C(CCS(=O)O)C2. The number of carboxylic acids is 1. The molecule has 2 heterocycles. The number of benzene rings is 2. The summed E-state index contributed by atoms with van der Waals surface area (Å²) in [4.78, 5) is 18.6. The van der Waals surface area contributed by atoms with Crippen molar-refractivity contribution in [1.29, 1.82) is 0 Å². The maximum absolute atomic E-state index is 14.5. The number of aromatic carboxylic acids is 1. The van der Waals surface area contributed by atoms with Crippen molar-refractivity contribution in [2.75, 3.05) is 5.75 Å². The van der Waals surface area contributed by atoms with Crippen LogP contribution in [0, 0.1) is 5.82 Å². The summed E-state index contributed by atoms with van der Waals surface area (Å²) in [5.74, 6) is -1.40. The molecule has 2 aromatic carbocycles. The van der Waals surface area contributed by atoms with Gasteiger partial charge in [-0.25, -0.2) is 13.4 Å². The fraction of sp³-hybridized carbons (Fsp3) is 0.222. The quantitative estimate of drug-likeness (QED) is 0.226. The predicted octanol–water partition coefficient (Wildman–Crippen LogP) is 6.34. The van der Waals surface area contributed by atoms with Crippen molar-refractivity contribution >= 4 is 34.0 Å². The Labute approximate surface area is 204 Å². The second-order valence-electron chi connectivity index (χ2n) is 9.15. The minimum atomic E-state index is -1.87. The van der Waals surface area contributed by atoms with Crippen LogP contribution in [0.2, 0.25) is 0 Å². The zero-order valence-electron chi connectivity index (χ0n) is 19.3. The summed E-state index contributed by atoms with van der Waals surface area (Å²) in [5.41, 5.74) is 7.08. The van der Waals surface area contributed by atoms with Gasteiger partial charge in [0.15, 0.2) is 11.1 Å². The van der Waals surface area contributed by atoms with Crippen LogP contribution in [0.15, 0.2) is 48.2 Å². The summed E-state index contributed by atoms with van der Waals surface area (Å²) >= 11 is -1.87. The average molecular weight is 493 g/mol. The molecule has 2 aromatic heterocycles. The molecule has 0 saturated carbocycles. The fourth-order valence-electron chi connectivity index (χ4n) is 5.12. The Bertz CT molecular complexity index is 1530. The van der Waals surface area contributed by atoms with E-state index < -0.39 is 22.9 Å². The lowest BCUT2D eigenvalue weighted by molar-refractivity contribution is 0.0692. The number of hydrogen-bond donors (Lipinski definition) is 4. The molecule has 0 fully saturated rings. The van der Waals surface area contributed by atoms with Crippen LogP contribution in [0.3, 0.4) is 0 Å². The summed E-state index contributed by atoms with van der Waals surface area (Å²) in [6, 6.07) is 10.5. The van der Waals surface area contributed by atoms with E-state index in [4.69, 9.17) is 0 Å². The zero-order valence-corrected chi connectivity index (χ0v) is 20.1. The topological polar surface area (TPSA) is 106 Å². The Morgan fingerprint density at radius 2 is 2.00 bits per heavy atom. The van der Waals surface area contributed by atoms with E-state index in [9.17, 15) is 23.1 Å². The van der Waals surface area contributed by atoms with E-state index in [1.807, 2.05) is 44.2 Å². The summed E-state index contributed by atoms with van der Waals surface area (Å²) in [7, 11) is 0. The van der Waals surface area contributed by atoms with Gasteiger partial charge in [-0.2, -0.15) is 0 Å². The highest BCUT2D eigenvalue weighted by atomic mass is 32.2. The first-order chi connectivity index (χ1) is 16.7. The van der Waals surface area contributed by atoms with Gasteiger partial charge < -0.3 is 19.6 Å². The van der Waals surface area contributed by atoms with E-state index in [1.165, 1.54) is 12.1 Å². The number of carboxylic acid groups (broad SMARTS) is 1. The third-order valence-electron chi connectivity index (χ3n) is 6.56. The van der Waals surface area contributed by atoms with Crippen molar-refractivity contribution in [3.05, 3.63) is 76.4 Å². The van der Waals surface area contributed by atoms with Crippen molar-refractivity contribution in [2.24, 2.45) is 0 Å². The number of allylic oxidation sites excluding steroid dienone is 1. The van der Waals surface area contributed by atoms with Gasteiger partial charge in [-0.05, 0) is 59.2 Å². The summed E-state index contributed by atoms with van der Waals surface area (Å²) < 4.78 is 34.9. The van der Waals surface area contributed by atoms with Crippen molar-refractivity contribution in [3.8, 4) is 22.4 Å². The van der Waals surface area contributed by atoms with Gasteiger partial charge in [0.2, 0.25) is 0 Å². The number of fused-ring (bicyclic) bond motifs is 2. The lowest BCUT2D eigenvalue weighted by Gasteiger charge is -2.15. The number of hydrogen-bond acceptors (Lipinski definition) is 2. The molecule has 8 heteroatoms. The second kappa shape index (κ2) is 8.94. The molecule has 6 nitrogen and oxygen atoms in total. The summed E-state index contributed by atoms with van der Waals surface area (Å²) in [6.45, 7) is 3.99. The van der Waals surface area contributed by atoms with E-state index >= 15 is 0 Å². The number of halogens is 1. The third-order valence-corrected chi connectivity index (χ3v) is 7.12. The molecule has 1 aliphatic rings. The number of aromatic amines is 2. The maximum atomic E-state index is 14.5. The van der Waals surface area contributed by atoms with Crippen LogP contribution in [0.25, 0.3) is 39.4 Å². The lowest BCUT2D eigenvalue weighted by atomic mass is 9.87. The fourth-order valence-corrected chi connectivity index (χ4v) is 5.55. The van der Waals surface area contributed by atoms with Crippen LogP contribution in [-0.4, -0.2) is 35.6 Å². The molecule has 35 heavy (non-hydrogen) atoms. The molecule has 180 valence electrons. The van der Waals surface area contributed by atoms with E-state index in [1.54, 1.807) is 6.20 Å². The van der Waals surface area contributed by atoms with Gasteiger partial charge in [-0.15, -0.1) is 0 Å². The highest BCUT2D eigenvalue weighted by Crippen LogP contribution is 2.45. The van der Waals surface area contributed by atoms with Gasteiger partial charge in [0.25, 0.3) is 0 Å². The van der Waals surface area contributed by atoms with Gasteiger partial charge in [0, 0.05) is 28.2 Å². The molecule has 4 N–H and O–H groups in total. The Kier molecular flexibility index (Phi) is 5.94. The van der Waals surface area contributed by atoms with Gasteiger partial charge in [-0.1, -0.05) is 43.7 Å². The van der Waals surface area contributed by atoms with Crippen molar-refractivity contribution in [3.63, 3.8) is 0 Å². The molecule has 1 unspecified atom stereocenters. The number of nitrogens with one attached hydrogen (secondary N) is 2. The molecule has 0 saturated heterocycles. The highest BCUT2D eigenvalue weighted by molar-refractivity contribution is 7.79. The molecule has 1 atom stereocenters. The Balaban J connectivity index is 1.76. The minimum absolute atomic E-state index is 0.0564. The molecule has 0 spiro atoms. The first-order valence-corrected chi connectivity index (χ1v) is 12.7. The predicted molar refractivity (Wildman–Crippen MR) is 136 cm³/mol. The molecule has 0 amide bonds. The highest BCUT2D eigenvalue weighted by Gasteiger charge is 2.29. The van der Waals surface area contributed by atoms with E-state index in [2.05, 4.69) is 9.97 Å². The summed E-state index contributed by atoms with van der Waals surface area (Å²) in [5, 5.41) is 11.0. The minimum Gasteiger partial charge on any atom is -0.477 e. The molecule has 0 radical (unpaired) electrons. The molecule has 5 rings (SSSR count). The zero-order chi connectivity index (χ0) is 24.9. The van der Waals surface area contributed by atoms with E-state index in [0.717, 1.165) is 33.2 Å². The van der Waals surface area contributed by atoms with Gasteiger partial charge in [-0.3, -0.25) is 0 Å². The molecule has 4 aromatic rings. The van der Waals surface area contributed by atoms with E-state index in [0.29, 0.717) is 35.2 Å². The van der Waals surface area contributed by atoms with Crippen molar-refractivity contribution < 1.29 is 23.1 Å². The van der Waals surface area contributed by atoms with Gasteiger partial charge in [0.05, 0.1) is 11.4 Å². The normalized spacial score (nSPS) is 13.9. The van der Waals surface area contributed by atoms with Crippen LogP contribution >= 0.6 is 0 Å². The molecule has 0 bridgehead atoms. The Hall–Kier alpha value is -3.49. The lowest BCUT2D eigenvalue weighted by Crippen LogP contribution is -2.01. The van der Waals surface area contributed by atoms with E-state index in [-0.39, 0.29) is 17.4 Å². The van der Waals surface area contributed by atoms with Crippen LogP contribution in [0.4, 0.5) is 4.39 Å². The Morgan fingerprint density at radius 1 is 1.20 bits per heavy atom. The van der Waals surface area contributed by atoms with Crippen LogP contribution in [-0.2, 0) is 17.5 Å². The van der Waals surface area contributed by atoms with Gasteiger partial charge >= 0.3 is 5.97 Å². The van der Waals surface area contributed by atoms with Gasteiger partial charge in [0.1, 0.15) is 11.5 Å². The van der Waals surface area contributed by atoms with Crippen LogP contribution in [0.1, 0.15) is 53.4 Å². The maximum Gasteiger partial charge on any atom is 0.352 e. The van der Waals surface area contributed by atoms with Crippen molar-refractivity contribution in [1.82, 2.24) is 9.97 Å². The molecule has 1 aliphatic carbocycles. The third kappa shape index (κ3) is 4.13. The first-order valence-electron chi connectivity index (χ1n) is 11.4. The van der Waals surface area contributed by atoms with Crippen LogP contribution in [0.5, 0.6) is 0 Å². The summed E-state index contributed by atoms with van der Waals surface area (Å²) in [6.07, 6.45) is 4.89. The molecular formula is C27H25FN2O4S. The number of rotatable bonds is 7. The number of carbonyl (C=O) groups is 1. The second-order valence-corrected chi connectivity index (χ2v) is 10.2. The van der Waals surface area contributed by atoms with Crippen LogP contribution < -0.4 is 0 Å². The largest absolute Gasteiger partial charge is 0.477 e. The van der Waals surface area contributed by atoms with Crippen molar-refractivity contribution in [2.45, 2.75) is 32.6 Å². The smallest absolute Gasteiger partial charge is 0.352 e. The Morgan fingerprint density at radius 3 is 2.71 bits per heavy atom. The monoisotopic (exact) mass is 492 g/mol. The number of aromatic nitrogens is 2. The molecular weight excluding hydrogens is 467 g/mol. The average Bonchev–Trinajstić information content (AvgIpc) is 3.52. The first kappa shape index (κ1) is 23.3. The molecule has 0 aliphatic heterocycles. The standard InChI is InChI=1S/C27H25FN2O4S/c1-14(2)23-24(19-5-3-4-16-10-15(11-20(16)19)7-9-35(33)34)26(27(31)32)30-25(23)21-12-17(28)13-22-18(21)6-8-29-22/h3-6,8,11-14,29-30H,7,9-10H2,1-2H3,(H,31,32)(H,33,34). The number of H-pyrrole nitrogens is 2.